The molecule has 0 fully saturated rings. The minimum atomic E-state index is 0.615. The van der Waals surface area contributed by atoms with E-state index in [9.17, 15) is 0 Å². The van der Waals surface area contributed by atoms with Gasteiger partial charge in [0.25, 0.3) is 0 Å². The van der Waals surface area contributed by atoms with Gasteiger partial charge in [-0.2, -0.15) is 0 Å². The van der Waals surface area contributed by atoms with Gasteiger partial charge in [-0.3, -0.25) is 4.99 Å². The summed E-state index contributed by atoms with van der Waals surface area (Å²) in [7, 11) is 3.43. The van der Waals surface area contributed by atoms with Gasteiger partial charge in [0, 0.05) is 25.7 Å². The lowest BCUT2D eigenvalue weighted by Crippen LogP contribution is -2.38. The molecule has 0 aliphatic rings. The fourth-order valence-corrected chi connectivity index (χ4v) is 2.25. The fraction of sp³-hybridized carbons (Fsp3) is 0.316. The van der Waals surface area contributed by atoms with Gasteiger partial charge in [-0.25, -0.2) is 0 Å². The second kappa shape index (κ2) is 10.3. The molecule has 0 saturated carbocycles. The Morgan fingerprint density at radius 3 is 2.50 bits per heavy atom. The quantitative estimate of drug-likeness (QED) is 0.444. The van der Waals surface area contributed by atoms with Gasteiger partial charge < -0.3 is 20.1 Å². The minimum Gasteiger partial charge on any atom is -0.496 e. The van der Waals surface area contributed by atoms with Crippen LogP contribution in [-0.4, -0.2) is 33.3 Å². The van der Waals surface area contributed by atoms with Gasteiger partial charge in [-0.15, -0.1) is 0 Å². The maximum Gasteiger partial charge on any atom is 0.191 e. The van der Waals surface area contributed by atoms with E-state index in [1.165, 1.54) is 5.56 Å². The van der Waals surface area contributed by atoms with Gasteiger partial charge >= 0.3 is 0 Å². The van der Waals surface area contributed by atoms with Crippen molar-refractivity contribution in [2.75, 3.05) is 27.3 Å². The summed E-state index contributed by atoms with van der Waals surface area (Å²) in [5.41, 5.74) is 2.26. The van der Waals surface area contributed by atoms with E-state index in [1.54, 1.807) is 14.2 Å². The first kappa shape index (κ1) is 17.8. The molecule has 0 heterocycles. The normalized spacial score (nSPS) is 11.2. The summed E-state index contributed by atoms with van der Waals surface area (Å²) in [5, 5.41) is 6.51. The number of hydrogen-bond acceptors (Lipinski definition) is 3. The Morgan fingerprint density at radius 2 is 1.75 bits per heavy atom. The SMILES string of the molecule is CN=C(NCCOCc1ccccc1)NCc1ccccc1OC. The van der Waals surface area contributed by atoms with Crippen molar-refractivity contribution in [3.8, 4) is 5.75 Å². The van der Waals surface area contributed by atoms with Crippen molar-refractivity contribution in [3.05, 3.63) is 65.7 Å². The van der Waals surface area contributed by atoms with Crippen LogP contribution in [0.15, 0.2) is 59.6 Å². The van der Waals surface area contributed by atoms with E-state index in [-0.39, 0.29) is 0 Å². The number of para-hydroxylation sites is 1. The Labute approximate surface area is 143 Å². The summed E-state index contributed by atoms with van der Waals surface area (Å²) in [5.74, 6) is 1.61. The van der Waals surface area contributed by atoms with Crippen molar-refractivity contribution in [2.45, 2.75) is 13.2 Å². The summed E-state index contributed by atoms with van der Waals surface area (Å²) in [6.07, 6.45) is 0. The number of rotatable bonds is 8. The third kappa shape index (κ3) is 5.93. The Balaban J connectivity index is 1.67. The third-order valence-corrected chi connectivity index (χ3v) is 3.51. The van der Waals surface area contributed by atoms with Crippen LogP contribution >= 0.6 is 0 Å². The predicted octanol–water partition coefficient (Wildman–Crippen LogP) is 2.58. The molecule has 0 unspecified atom stereocenters. The standard InChI is InChI=1S/C19H25N3O2/c1-20-19(22-14-17-10-6-7-11-18(17)23-2)21-12-13-24-15-16-8-4-3-5-9-16/h3-11H,12-15H2,1-2H3,(H2,20,21,22). The van der Waals surface area contributed by atoms with Crippen LogP contribution in [0, 0.1) is 0 Å². The van der Waals surface area contributed by atoms with Gasteiger partial charge in [0.15, 0.2) is 5.96 Å². The number of aliphatic imine (C=N–C) groups is 1. The predicted molar refractivity (Wildman–Crippen MR) is 97.3 cm³/mol. The second-order valence-electron chi connectivity index (χ2n) is 5.20. The molecule has 5 heteroatoms. The minimum absolute atomic E-state index is 0.615. The molecular formula is C19H25N3O2. The Morgan fingerprint density at radius 1 is 1.00 bits per heavy atom. The molecule has 0 aliphatic carbocycles. The molecule has 2 rings (SSSR count). The van der Waals surface area contributed by atoms with E-state index < -0.39 is 0 Å². The van der Waals surface area contributed by atoms with Crippen molar-refractivity contribution in [2.24, 2.45) is 4.99 Å². The first-order valence-electron chi connectivity index (χ1n) is 8.01. The number of guanidine groups is 1. The van der Waals surface area contributed by atoms with Gasteiger partial charge in [-0.05, 0) is 11.6 Å². The average Bonchev–Trinajstić information content (AvgIpc) is 2.65. The molecule has 0 saturated heterocycles. The van der Waals surface area contributed by atoms with E-state index in [0.717, 1.165) is 17.3 Å². The Kier molecular flexibility index (Phi) is 7.63. The summed E-state index contributed by atoms with van der Waals surface area (Å²) in [6, 6.07) is 18.1. The number of nitrogens with zero attached hydrogens (tertiary/aromatic N) is 1. The van der Waals surface area contributed by atoms with Crippen LogP contribution in [0.5, 0.6) is 5.75 Å². The molecule has 2 aromatic carbocycles. The molecule has 0 radical (unpaired) electrons. The second-order valence-corrected chi connectivity index (χ2v) is 5.20. The largest absolute Gasteiger partial charge is 0.496 e. The van der Waals surface area contributed by atoms with Crippen LogP contribution in [0.4, 0.5) is 0 Å². The van der Waals surface area contributed by atoms with E-state index in [4.69, 9.17) is 9.47 Å². The van der Waals surface area contributed by atoms with Crippen LogP contribution in [0.25, 0.3) is 0 Å². The van der Waals surface area contributed by atoms with Crippen LogP contribution in [-0.2, 0) is 17.9 Å². The van der Waals surface area contributed by atoms with Crippen molar-refractivity contribution >= 4 is 5.96 Å². The fourth-order valence-electron chi connectivity index (χ4n) is 2.25. The first-order chi connectivity index (χ1) is 11.8. The molecule has 0 bridgehead atoms. The lowest BCUT2D eigenvalue weighted by Gasteiger charge is -2.13. The van der Waals surface area contributed by atoms with Crippen molar-refractivity contribution in [3.63, 3.8) is 0 Å². The summed E-state index contributed by atoms with van der Waals surface area (Å²) in [4.78, 5) is 4.21. The monoisotopic (exact) mass is 327 g/mol. The highest BCUT2D eigenvalue weighted by molar-refractivity contribution is 5.79. The molecule has 2 aromatic rings. The van der Waals surface area contributed by atoms with Crippen molar-refractivity contribution < 1.29 is 9.47 Å². The highest BCUT2D eigenvalue weighted by Crippen LogP contribution is 2.16. The van der Waals surface area contributed by atoms with Crippen LogP contribution < -0.4 is 15.4 Å². The zero-order valence-corrected chi connectivity index (χ0v) is 14.3. The van der Waals surface area contributed by atoms with Crippen molar-refractivity contribution in [1.82, 2.24) is 10.6 Å². The number of hydrogen-bond donors (Lipinski definition) is 2. The molecule has 0 atom stereocenters. The number of nitrogens with one attached hydrogen (secondary N) is 2. The van der Waals surface area contributed by atoms with Crippen LogP contribution in [0.2, 0.25) is 0 Å². The molecule has 0 amide bonds. The molecule has 0 aliphatic heterocycles. The maximum absolute atomic E-state index is 5.65. The maximum atomic E-state index is 5.65. The van der Waals surface area contributed by atoms with E-state index in [0.29, 0.717) is 26.3 Å². The molecule has 2 N–H and O–H groups in total. The highest BCUT2D eigenvalue weighted by Gasteiger charge is 2.03. The lowest BCUT2D eigenvalue weighted by molar-refractivity contribution is 0.125. The van der Waals surface area contributed by atoms with E-state index in [2.05, 4.69) is 27.8 Å². The van der Waals surface area contributed by atoms with Crippen LogP contribution in [0.1, 0.15) is 11.1 Å². The summed E-state index contributed by atoms with van der Waals surface area (Å²) < 4.78 is 11.0. The number of benzene rings is 2. The Bertz CT molecular complexity index is 630. The summed E-state index contributed by atoms with van der Waals surface area (Å²) >= 11 is 0. The van der Waals surface area contributed by atoms with Gasteiger partial charge in [0.2, 0.25) is 0 Å². The molecule has 0 aromatic heterocycles. The van der Waals surface area contributed by atoms with E-state index in [1.807, 2.05) is 42.5 Å². The highest BCUT2D eigenvalue weighted by atomic mass is 16.5. The van der Waals surface area contributed by atoms with Gasteiger partial charge in [0.1, 0.15) is 5.75 Å². The molecular weight excluding hydrogens is 302 g/mol. The molecule has 5 nitrogen and oxygen atoms in total. The number of ether oxygens (including phenoxy) is 2. The first-order valence-corrected chi connectivity index (χ1v) is 8.01. The van der Waals surface area contributed by atoms with Gasteiger partial charge in [0.05, 0.1) is 20.3 Å². The zero-order valence-electron chi connectivity index (χ0n) is 14.3. The Hall–Kier alpha value is -2.53. The topological polar surface area (TPSA) is 54.9 Å². The summed E-state index contributed by atoms with van der Waals surface area (Å²) in [6.45, 7) is 2.58. The lowest BCUT2D eigenvalue weighted by atomic mass is 10.2. The molecule has 128 valence electrons. The van der Waals surface area contributed by atoms with Crippen LogP contribution in [0.3, 0.4) is 0 Å². The third-order valence-electron chi connectivity index (χ3n) is 3.51. The van der Waals surface area contributed by atoms with Gasteiger partial charge in [-0.1, -0.05) is 48.5 Å². The average molecular weight is 327 g/mol. The zero-order chi connectivity index (χ0) is 17.0. The molecule has 24 heavy (non-hydrogen) atoms. The van der Waals surface area contributed by atoms with Crippen molar-refractivity contribution in [1.29, 1.82) is 0 Å². The smallest absolute Gasteiger partial charge is 0.191 e. The molecule has 0 spiro atoms. The van der Waals surface area contributed by atoms with E-state index >= 15 is 0 Å². The number of methoxy groups -OCH3 is 1.